The Labute approximate surface area is 94.2 Å². The van der Waals surface area contributed by atoms with Crippen LogP contribution in [0.15, 0.2) is 0 Å². The first-order valence-electron chi connectivity index (χ1n) is 4.97. The first-order chi connectivity index (χ1) is 7.51. The number of rotatable bonds is 5. The van der Waals surface area contributed by atoms with Crippen LogP contribution in [0.25, 0.3) is 0 Å². The minimum Gasteiger partial charge on any atom is -0.481 e. The van der Waals surface area contributed by atoms with Crippen molar-refractivity contribution in [1.82, 2.24) is 15.1 Å². The Morgan fingerprint density at radius 1 is 1.69 bits per heavy atom. The van der Waals surface area contributed by atoms with E-state index in [4.69, 9.17) is 9.84 Å². The van der Waals surface area contributed by atoms with Crippen molar-refractivity contribution in [2.24, 2.45) is 7.05 Å². The minimum atomic E-state index is -0.857. The van der Waals surface area contributed by atoms with Crippen molar-refractivity contribution in [2.45, 2.75) is 19.4 Å². The third-order valence-corrected chi connectivity index (χ3v) is 2.48. The van der Waals surface area contributed by atoms with E-state index in [0.717, 1.165) is 11.3 Å². The Balaban J connectivity index is 3.12. The van der Waals surface area contributed by atoms with Gasteiger partial charge in [-0.05, 0) is 14.0 Å². The fraction of sp³-hybridized carbons (Fsp3) is 0.600. The fourth-order valence-corrected chi connectivity index (χ4v) is 1.82. The first-order valence-corrected chi connectivity index (χ1v) is 4.97. The summed E-state index contributed by atoms with van der Waals surface area (Å²) in [6, 6.07) is -0.291. The van der Waals surface area contributed by atoms with E-state index >= 15 is 0 Å². The third-order valence-electron chi connectivity index (χ3n) is 2.48. The zero-order chi connectivity index (χ0) is 12.3. The number of aromatic nitrogens is 2. The summed E-state index contributed by atoms with van der Waals surface area (Å²) in [6.07, 6.45) is -0.000602. The second kappa shape index (κ2) is 4.98. The number of ether oxygens (including phenoxy) is 1. The SMILES string of the molecule is CNC(CC(=O)O)c1c(C)nn(C)c1OC. The van der Waals surface area contributed by atoms with E-state index in [0.29, 0.717) is 5.88 Å². The maximum atomic E-state index is 10.8. The maximum absolute atomic E-state index is 10.8. The van der Waals surface area contributed by atoms with E-state index in [9.17, 15) is 4.79 Å². The van der Waals surface area contributed by atoms with Crippen molar-refractivity contribution in [3.63, 3.8) is 0 Å². The van der Waals surface area contributed by atoms with Crippen LogP contribution in [0.2, 0.25) is 0 Å². The standard InChI is InChI=1S/C10H17N3O3/c1-6-9(7(11-2)5-8(14)15)10(16-4)13(3)12-6/h7,11H,5H2,1-4H3,(H,14,15). The fourth-order valence-electron chi connectivity index (χ4n) is 1.82. The van der Waals surface area contributed by atoms with Crippen molar-refractivity contribution in [3.05, 3.63) is 11.3 Å². The number of aryl methyl sites for hydroxylation is 2. The minimum absolute atomic E-state index is 0.000602. The van der Waals surface area contributed by atoms with Crippen LogP contribution in [-0.4, -0.2) is 35.0 Å². The number of nitrogens with zero attached hydrogens (tertiary/aromatic N) is 2. The first kappa shape index (κ1) is 12.5. The van der Waals surface area contributed by atoms with Gasteiger partial charge in [-0.3, -0.25) is 4.79 Å². The highest BCUT2D eigenvalue weighted by Gasteiger charge is 2.23. The molecular formula is C10H17N3O3. The highest BCUT2D eigenvalue weighted by molar-refractivity contribution is 5.68. The van der Waals surface area contributed by atoms with Gasteiger partial charge in [0.15, 0.2) is 0 Å². The summed E-state index contributed by atoms with van der Waals surface area (Å²) in [6.45, 7) is 1.84. The number of hydrogen-bond donors (Lipinski definition) is 2. The molecule has 1 atom stereocenters. The van der Waals surface area contributed by atoms with Crippen molar-refractivity contribution in [2.75, 3.05) is 14.2 Å². The lowest BCUT2D eigenvalue weighted by Gasteiger charge is -2.15. The largest absolute Gasteiger partial charge is 0.481 e. The molecule has 1 aromatic heterocycles. The average Bonchev–Trinajstić information content (AvgIpc) is 2.49. The molecule has 6 heteroatoms. The zero-order valence-corrected chi connectivity index (χ0v) is 9.94. The number of methoxy groups -OCH3 is 1. The maximum Gasteiger partial charge on any atom is 0.305 e. The van der Waals surface area contributed by atoms with E-state index < -0.39 is 5.97 Å². The van der Waals surface area contributed by atoms with E-state index in [1.54, 1.807) is 25.9 Å². The van der Waals surface area contributed by atoms with Gasteiger partial charge in [0.2, 0.25) is 5.88 Å². The Bertz CT molecular complexity index is 387. The normalized spacial score (nSPS) is 12.5. The van der Waals surface area contributed by atoms with Crippen LogP contribution in [0.4, 0.5) is 0 Å². The predicted molar refractivity (Wildman–Crippen MR) is 58.6 cm³/mol. The summed E-state index contributed by atoms with van der Waals surface area (Å²) in [4.78, 5) is 10.8. The highest BCUT2D eigenvalue weighted by atomic mass is 16.5. The number of nitrogens with one attached hydrogen (secondary N) is 1. The van der Waals surface area contributed by atoms with E-state index in [-0.39, 0.29) is 12.5 Å². The van der Waals surface area contributed by atoms with Gasteiger partial charge in [0.05, 0.1) is 24.8 Å². The van der Waals surface area contributed by atoms with Gasteiger partial charge in [-0.1, -0.05) is 0 Å². The number of carboxylic acids is 1. The topological polar surface area (TPSA) is 76.4 Å². The van der Waals surface area contributed by atoms with Crippen molar-refractivity contribution >= 4 is 5.97 Å². The molecule has 1 aromatic rings. The summed E-state index contributed by atoms with van der Waals surface area (Å²) < 4.78 is 6.84. The van der Waals surface area contributed by atoms with Crippen molar-refractivity contribution in [1.29, 1.82) is 0 Å². The molecule has 0 fully saturated rings. The monoisotopic (exact) mass is 227 g/mol. The van der Waals surface area contributed by atoms with Gasteiger partial charge in [-0.2, -0.15) is 5.10 Å². The Morgan fingerprint density at radius 3 is 2.75 bits per heavy atom. The van der Waals surface area contributed by atoms with Crippen LogP contribution in [0.3, 0.4) is 0 Å². The van der Waals surface area contributed by atoms with Gasteiger partial charge < -0.3 is 15.2 Å². The molecule has 1 rings (SSSR count). The van der Waals surface area contributed by atoms with E-state index in [1.807, 2.05) is 6.92 Å². The molecule has 1 unspecified atom stereocenters. The van der Waals surface area contributed by atoms with Gasteiger partial charge in [-0.25, -0.2) is 4.68 Å². The van der Waals surface area contributed by atoms with E-state index in [1.165, 1.54) is 0 Å². The Kier molecular flexibility index (Phi) is 3.89. The summed E-state index contributed by atoms with van der Waals surface area (Å²) in [5.74, 6) is -0.261. The lowest BCUT2D eigenvalue weighted by molar-refractivity contribution is -0.137. The number of carbonyl (C=O) groups is 1. The molecular weight excluding hydrogens is 210 g/mol. The van der Waals surface area contributed by atoms with E-state index in [2.05, 4.69) is 10.4 Å². The van der Waals surface area contributed by atoms with Gasteiger partial charge in [0.1, 0.15) is 0 Å². The molecule has 0 bridgehead atoms. The molecule has 1 heterocycles. The molecule has 0 radical (unpaired) electrons. The molecule has 90 valence electrons. The molecule has 0 aliphatic rings. The van der Waals surface area contributed by atoms with Gasteiger partial charge >= 0.3 is 5.97 Å². The quantitative estimate of drug-likeness (QED) is 0.764. The molecule has 2 N–H and O–H groups in total. The molecule has 0 aliphatic carbocycles. The van der Waals surface area contributed by atoms with Crippen LogP contribution in [0.1, 0.15) is 23.7 Å². The Hall–Kier alpha value is -1.56. The zero-order valence-electron chi connectivity index (χ0n) is 9.94. The molecule has 0 amide bonds. The number of aliphatic carboxylic acids is 1. The molecule has 0 aliphatic heterocycles. The summed E-state index contributed by atoms with van der Waals surface area (Å²) in [7, 11) is 5.04. The Morgan fingerprint density at radius 2 is 2.31 bits per heavy atom. The molecule has 0 spiro atoms. The smallest absolute Gasteiger partial charge is 0.305 e. The van der Waals surface area contributed by atoms with Crippen LogP contribution < -0.4 is 10.1 Å². The second-order valence-electron chi connectivity index (χ2n) is 3.57. The summed E-state index contributed by atoms with van der Waals surface area (Å²) in [5.41, 5.74) is 1.58. The third kappa shape index (κ3) is 2.33. The lowest BCUT2D eigenvalue weighted by atomic mass is 10.0. The second-order valence-corrected chi connectivity index (χ2v) is 3.57. The number of carboxylic acid groups (broad SMARTS) is 1. The van der Waals surface area contributed by atoms with Crippen LogP contribution >= 0.6 is 0 Å². The molecule has 0 saturated carbocycles. The van der Waals surface area contributed by atoms with Crippen LogP contribution in [0, 0.1) is 6.92 Å². The average molecular weight is 227 g/mol. The highest BCUT2D eigenvalue weighted by Crippen LogP contribution is 2.29. The lowest BCUT2D eigenvalue weighted by Crippen LogP contribution is -2.20. The summed E-state index contributed by atoms with van der Waals surface area (Å²) in [5, 5.41) is 16.0. The van der Waals surface area contributed by atoms with Crippen LogP contribution in [0.5, 0.6) is 5.88 Å². The summed E-state index contributed by atoms with van der Waals surface area (Å²) >= 11 is 0. The van der Waals surface area contributed by atoms with Crippen molar-refractivity contribution < 1.29 is 14.6 Å². The van der Waals surface area contributed by atoms with Crippen molar-refractivity contribution in [3.8, 4) is 5.88 Å². The van der Waals surface area contributed by atoms with Gasteiger partial charge in [0, 0.05) is 13.1 Å². The predicted octanol–water partition coefficient (Wildman–Crippen LogP) is 0.472. The van der Waals surface area contributed by atoms with Gasteiger partial charge in [-0.15, -0.1) is 0 Å². The molecule has 16 heavy (non-hydrogen) atoms. The number of hydrogen-bond acceptors (Lipinski definition) is 4. The molecule has 0 saturated heterocycles. The van der Waals surface area contributed by atoms with Crippen LogP contribution in [-0.2, 0) is 11.8 Å². The molecule has 0 aromatic carbocycles. The molecule has 6 nitrogen and oxygen atoms in total. The van der Waals surface area contributed by atoms with Gasteiger partial charge in [0.25, 0.3) is 0 Å².